The zero-order valence-corrected chi connectivity index (χ0v) is 15.8. The monoisotopic (exact) mass is 385 g/mol. The Morgan fingerprint density at radius 3 is 2.77 bits per heavy atom. The normalized spacial score (nSPS) is 11.9. The first-order chi connectivity index (χ1) is 10.3. The van der Waals surface area contributed by atoms with E-state index in [0.29, 0.717) is 22.5 Å². The van der Waals surface area contributed by atoms with E-state index in [1.807, 2.05) is 0 Å². The van der Waals surface area contributed by atoms with Crippen molar-refractivity contribution in [3.8, 4) is 0 Å². The van der Waals surface area contributed by atoms with Crippen LogP contribution in [0, 0.1) is 0 Å². The number of ether oxygens (including phenoxy) is 2. The second kappa shape index (κ2) is 6.89. The molecule has 120 valence electrons. The Morgan fingerprint density at radius 2 is 2.14 bits per heavy atom. The minimum absolute atomic E-state index is 0.344. The van der Waals surface area contributed by atoms with Gasteiger partial charge in [0.15, 0.2) is 5.65 Å². The zero-order valence-electron chi connectivity index (χ0n) is 13.2. The van der Waals surface area contributed by atoms with Gasteiger partial charge < -0.3 is 9.47 Å². The number of halogens is 1. The molecule has 2 rings (SSSR count). The molecule has 2 aromatic heterocycles. The third-order valence-electron chi connectivity index (χ3n) is 3.17. The summed E-state index contributed by atoms with van der Waals surface area (Å²) in [6, 6.07) is 2.82. The molecule has 22 heavy (non-hydrogen) atoms. The van der Waals surface area contributed by atoms with Gasteiger partial charge >= 0.3 is 5.97 Å². The molecule has 0 atom stereocenters. The lowest BCUT2D eigenvalue weighted by Gasteiger charge is -2.15. The summed E-state index contributed by atoms with van der Waals surface area (Å²) in [5, 5.41) is 5.12. The molecular weight excluding hydrogens is 366 g/mol. The van der Waals surface area contributed by atoms with Gasteiger partial charge in [0, 0.05) is 20.9 Å². The fraction of sp³-hybridized carbons (Fsp3) is 0.500. The van der Waals surface area contributed by atoms with E-state index in [-0.39, 0.29) is 0 Å². The average molecular weight is 386 g/mol. The van der Waals surface area contributed by atoms with Crippen molar-refractivity contribution in [3.05, 3.63) is 22.4 Å². The third kappa shape index (κ3) is 4.14. The first-order valence-electron chi connectivity index (χ1n) is 7.00. The van der Waals surface area contributed by atoms with Gasteiger partial charge in [-0.15, -0.1) is 0 Å². The third-order valence-corrected chi connectivity index (χ3v) is 5.46. The van der Waals surface area contributed by atoms with Crippen LogP contribution >= 0.6 is 15.9 Å². The molecule has 0 spiro atoms. The summed E-state index contributed by atoms with van der Waals surface area (Å²) < 4.78 is 12.7. The molecule has 0 N–H and O–H groups in total. The molecule has 8 heteroatoms. The summed E-state index contributed by atoms with van der Waals surface area (Å²) in [5.41, 5.74) is 1.07. The summed E-state index contributed by atoms with van der Waals surface area (Å²) in [6.45, 7) is 8.00. The number of fused-ring (bicyclic) bond motifs is 1. The van der Waals surface area contributed by atoms with Crippen molar-refractivity contribution in [1.29, 1.82) is 0 Å². The van der Waals surface area contributed by atoms with Gasteiger partial charge in [0.25, 0.3) is 0 Å². The fourth-order valence-corrected chi connectivity index (χ4v) is 3.11. The van der Waals surface area contributed by atoms with Crippen LogP contribution in [0.2, 0.25) is 25.7 Å². The maximum Gasteiger partial charge on any atom is 0.339 e. The molecule has 0 aromatic carbocycles. The summed E-state index contributed by atoms with van der Waals surface area (Å²) in [4.78, 5) is 15.9. The first-order valence-corrected chi connectivity index (χ1v) is 11.5. The van der Waals surface area contributed by atoms with E-state index in [9.17, 15) is 4.79 Å². The van der Waals surface area contributed by atoms with Gasteiger partial charge in [-0.25, -0.2) is 14.5 Å². The average Bonchev–Trinajstić information content (AvgIpc) is 2.78. The Morgan fingerprint density at radius 1 is 1.41 bits per heavy atom. The smallest absolute Gasteiger partial charge is 0.339 e. The molecule has 0 aliphatic heterocycles. The predicted octanol–water partition coefficient (Wildman–Crippen LogP) is 3.29. The van der Waals surface area contributed by atoms with Crippen LogP contribution in [0.4, 0.5) is 0 Å². The Kier molecular flexibility index (Phi) is 5.35. The van der Waals surface area contributed by atoms with Crippen molar-refractivity contribution in [2.75, 3.05) is 13.7 Å². The minimum atomic E-state index is -1.10. The van der Waals surface area contributed by atoms with E-state index in [1.54, 1.807) is 10.7 Å². The lowest BCUT2D eigenvalue weighted by Crippen LogP contribution is -2.22. The quantitative estimate of drug-likeness (QED) is 0.433. The number of hydrogen-bond donors (Lipinski definition) is 0. The van der Waals surface area contributed by atoms with Gasteiger partial charge in [-0.2, -0.15) is 5.10 Å². The molecule has 2 heterocycles. The molecule has 2 aromatic rings. The van der Waals surface area contributed by atoms with Gasteiger partial charge in [-0.3, -0.25) is 0 Å². The highest BCUT2D eigenvalue weighted by molar-refractivity contribution is 9.10. The summed E-state index contributed by atoms with van der Waals surface area (Å²) >= 11 is 3.39. The molecular formula is C14H20BrN3O3Si. The molecule has 0 saturated heterocycles. The number of aromatic nitrogens is 3. The van der Waals surface area contributed by atoms with Crippen LogP contribution in [0.5, 0.6) is 0 Å². The molecule has 0 unspecified atom stereocenters. The van der Waals surface area contributed by atoms with E-state index >= 15 is 0 Å². The molecule has 0 fully saturated rings. The second-order valence-corrected chi connectivity index (χ2v) is 12.6. The maximum atomic E-state index is 11.6. The topological polar surface area (TPSA) is 66.2 Å². The number of carbonyl (C=O) groups excluding carboxylic acids is 1. The van der Waals surface area contributed by atoms with Crippen molar-refractivity contribution in [1.82, 2.24) is 14.8 Å². The Labute approximate surface area is 138 Å². The molecule has 0 saturated carbocycles. The Bertz CT molecular complexity index is 682. The van der Waals surface area contributed by atoms with Crippen LogP contribution in [0.3, 0.4) is 0 Å². The van der Waals surface area contributed by atoms with Crippen molar-refractivity contribution >= 4 is 41.0 Å². The van der Waals surface area contributed by atoms with Gasteiger partial charge in [-0.1, -0.05) is 19.6 Å². The van der Waals surface area contributed by atoms with Crippen LogP contribution in [0.1, 0.15) is 10.4 Å². The van der Waals surface area contributed by atoms with E-state index in [2.05, 4.69) is 45.7 Å². The van der Waals surface area contributed by atoms with Gasteiger partial charge in [0.05, 0.1) is 18.1 Å². The molecule has 0 radical (unpaired) electrons. The largest absolute Gasteiger partial charge is 0.465 e. The molecule has 6 nitrogen and oxygen atoms in total. The SMILES string of the molecule is COC(=O)c1cnc2c(c1)c(Br)nn2COCC[Si](C)(C)C. The van der Waals surface area contributed by atoms with Gasteiger partial charge in [0.1, 0.15) is 11.3 Å². The van der Waals surface area contributed by atoms with E-state index < -0.39 is 14.0 Å². The number of pyridine rings is 1. The fourth-order valence-electron chi connectivity index (χ4n) is 1.87. The molecule has 0 amide bonds. The minimum Gasteiger partial charge on any atom is -0.465 e. The second-order valence-electron chi connectivity index (χ2n) is 6.23. The van der Waals surface area contributed by atoms with E-state index in [0.717, 1.165) is 18.0 Å². The van der Waals surface area contributed by atoms with Crippen molar-refractivity contribution in [2.45, 2.75) is 32.4 Å². The standard InChI is InChI=1S/C14H20BrN3O3Si/c1-20-14(19)10-7-11-12(15)17-18(13(11)16-8-10)9-21-5-6-22(2,3)4/h7-8H,5-6,9H2,1-4H3. The first kappa shape index (κ1) is 17.1. The lowest BCUT2D eigenvalue weighted by molar-refractivity contribution is 0.0600. The van der Waals surface area contributed by atoms with Crippen molar-refractivity contribution in [2.24, 2.45) is 0 Å². The number of carbonyl (C=O) groups is 1. The van der Waals surface area contributed by atoms with Crippen LogP contribution in [-0.2, 0) is 16.2 Å². The van der Waals surface area contributed by atoms with Gasteiger partial charge in [0.2, 0.25) is 0 Å². The van der Waals surface area contributed by atoms with Crippen LogP contribution < -0.4 is 0 Å². The summed E-state index contributed by atoms with van der Waals surface area (Å²) in [6.07, 6.45) is 1.49. The molecule has 0 aliphatic carbocycles. The number of rotatable bonds is 6. The molecule has 0 aliphatic rings. The number of hydrogen-bond acceptors (Lipinski definition) is 5. The number of esters is 1. The van der Waals surface area contributed by atoms with E-state index in [1.165, 1.54) is 13.3 Å². The Balaban J connectivity index is 2.13. The highest BCUT2D eigenvalue weighted by atomic mass is 79.9. The molecule has 0 bridgehead atoms. The summed E-state index contributed by atoms with van der Waals surface area (Å²) in [5.74, 6) is -0.416. The zero-order chi connectivity index (χ0) is 16.3. The highest BCUT2D eigenvalue weighted by Gasteiger charge is 2.15. The lowest BCUT2D eigenvalue weighted by atomic mass is 10.2. The highest BCUT2D eigenvalue weighted by Crippen LogP contribution is 2.23. The maximum absolute atomic E-state index is 11.6. The van der Waals surface area contributed by atoms with Crippen LogP contribution in [0.25, 0.3) is 11.0 Å². The Hall–Kier alpha value is -1.25. The number of methoxy groups -OCH3 is 1. The predicted molar refractivity (Wildman–Crippen MR) is 90.7 cm³/mol. The number of nitrogens with zero attached hydrogens (tertiary/aromatic N) is 3. The van der Waals surface area contributed by atoms with E-state index in [4.69, 9.17) is 9.47 Å². The summed E-state index contributed by atoms with van der Waals surface area (Å²) in [7, 11) is 0.245. The van der Waals surface area contributed by atoms with Gasteiger partial charge in [-0.05, 0) is 28.0 Å². The van der Waals surface area contributed by atoms with Crippen molar-refractivity contribution < 1.29 is 14.3 Å². The van der Waals surface area contributed by atoms with Crippen LogP contribution in [0.15, 0.2) is 16.9 Å². The van der Waals surface area contributed by atoms with Crippen molar-refractivity contribution in [3.63, 3.8) is 0 Å². The van der Waals surface area contributed by atoms with Crippen LogP contribution in [-0.4, -0.2) is 42.5 Å².